The smallest absolute Gasteiger partial charge is 0.147 e. The lowest BCUT2D eigenvalue weighted by molar-refractivity contribution is -0.106. The lowest BCUT2D eigenvalue weighted by atomic mass is 10.2. The minimum atomic E-state index is 0.292. The van der Waals surface area contributed by atoms with Crippen LogP contribution in [0.25, 0.3) is 0 Å². The predicted molar refractivity (Wildman–Crippen MR) is 31.8 cm³/mol. The minimum Gasteiger partial charge on any atom is -0.298 e. The molecule has 1 rings (SSSR count). The molecule has 1 heterocycles. The molecule has 3 nitrogen and oxygen atoms in total. The Morgan fingerprint density at radius 2 is 2.56 bits per heavy atom. The Kier molecular flexibility index (Phi) is 1.65. The van der Waals surface area contributed by atoms with E-state index in [4.69, 9.17) is 5.21 Å². The van der Waals surface area contributed by atoms with Crippen LogP contribution in [0, 0.1) is 0 Å². The molecule has 0 aromatic heterocycles. The van der Waals surface area contributed by atoms with Crippen molar-refractivity contribution in [1.82, 2.24) is 5.06 Å². The van der Waals surface area contributed by atoms with E-state index >= 15 is 0 Å². The van der Waals surface area contributed by atoms with E-state index in [1.807, 2.05) is 0 Å². The molecule has 1 N–H and O–H groups in total. The van der Waals surface area contributed by atoms with Crippen molar-refractivity contribution in [2.75, 3.05) is 6.54 Å². The summed E-state index contributed by atoms with van der Waals surface area (Å²) in [4.78, 5) is 10.1. The average Bonchev–Trinajstić information content (AvgIpc) is 1.88. The van der Waals surface area contributed by atoms with Gasteiger partial charge in [-0.25, -0.2) is 0 Å². The van der Waals surface area contributed by atoms with Gasteiger partial charge in [0.1, 0.15) is 6.29 Å². The Balaban J connectivity index is 2.65. The molecule has 0 atom stereocenters. The van der Waals surface area contributed by atoms with Crippen molar-refractivity contribution in [1.29, 1.82) is 0 Å². The number of nitrogens with zero attached hydrogens (tertiary/aromatic N) is 1. The molecule has 0 radical (unpaired) electrons. The molecule has 0 spiro atoms. The lowest BCUT2D eigenvalue weighted by Crippen LogP contribution is -2.17. The van der Waals surface area contributed by atoms with E-state index in [-0.39, 0.29) is 0 Å². The first-order valence-corrected chi connectivity index (χ1v) is 2.61. The highest BCUT2D eigenvalue weighted by Gasteiger charge is 2.01. The molecule has 3 heteroatoms. The van der Waals surface area contributed by atoms with Gasteiger partial charge < -0.3 is 0 Å². The minimum absolute atomic E-state index is 0.292. The molecule has 0 aliphatic carbocycles. The number of rotatable bonds is 1. The van der Waals surface area contributed by atoms with Crippen LogP contribution in [-0.2, 0) is 4.79 Å². The van der Waals surface area contributed by atoms with E-state index in [0.29, 0.717) is 12.1 Å². The van der Waals surface area contributed by atoms with Crippen LogP contribution in [0.4, 0.5) is 0 Å². The number of carbonyl (C=O) groups is 1. The van der Waals surface area contributed by atoms with Crippen LogP contribution < -0.4 is 0 Å². The zero-order chi connectivity index (χ0) is 6.69. The maximum atomic E-state index is 10.1. The maximum Gasteiger partial charge on any atom is 0.147 e. The van der Waals surface area contributed by atoms with E-state index in [9.17, 15) is 4.79 Å². The summed E-state index contributed by atoms with van der Waals surface area (Å²) in [6.45, 7) is 0.292. The lowest BCUT2D eigenvalue weighted by Gasteiger charge is -2.13. The summed E-state index contributed by atoms with van der Waals surface area (Å²) in [7, 11) is 0. The van der Waals surface area contributed by atoms with Gasteiger partial charge in [0.15, 0.2) is 0 Å². The van der Waals surface area contributed by atoms with Gasteiger partial charge in [0.25, 0.3) is 0 Å². The number of allylic oxidation sites excluding steroid dienone is 2. The molecule has 9 heavy (non-hydrogen) atoms. The summed E-state index contributed by atoms with van der Waals surface area (Å²) in [5.41, 5.74) is 0.583. The molecular weight excluding hydrogens is 118 g/mol. The summed E-state index contributed by atoms with van der Waals surface area (Å²) in [5.74, 6) is 0. The summed E-state index contributed by atoms with van der Waals surface area (Å²) in [6, 6.07) is 0. The van der Waals surface area contributed by atoms with Crippen molar-refractivity contribution in [2.45, 2.75) is 0 Å². The third-order valence-corrected chi connectivity index (χ3v) is 1.06. The van der Waals surface area contributed by atoms with Gasteiger partial charge in [0.2, 0.25) is 0 Å². The third kappa shape index (κ3) is 1.40. The highest BCUT2D eigenvalue weighted by Crippen LogP contribution is 2.00. The predicted octanol–water partition coefficient (Wildman–Crippen LogP) is 0.330. The SMILES string of the molecule is O=CC1=CC=CN(O)C1. The van der Waals surface area contributed by atoms with Crippen LogP contribution in [-0.4, -0.2) is 23.1 Å². The molecular formula is C6H7NO2. The monoisotopic (exact) mass is 125 g/mol. The fourth-order valence-electron chi connectivity index (χ4n) is 0.635. The molecule has 0 bridgehead atoms. The van der Waals surface area contributed by atoms with Gasteiger partial charge in [-0.1, -0.05) is 6.08 Å². The summed E-state index contributed by atoms with van der Waals surface area (Å²) in [6.07, 6.45) is 5.51. The van der Waals surface area contributed by atoms with E-state index in [1.165, 1.54) is 6.20 Å². The van der Waals surface area contributed by atoms with Crippen molar-refractivity contribution < 1.29 is 10.0 Å². The Labute approximate surface area is 52.8 Å². The molecule has 1 aliphatic rings. The summed E-state index contributed by atoms with van der Waals surface area (Å²) in [5, 5.41) is 9.72. The van der Waals surface area contributed by atoms with Gasteiger partial charge in [-0.05, 0) is 6.08 Å². The van der Waals surface area contributed by atoms with Crippen molar-refractivity contribution in [3.63, 3.8) is 0 Å². The zero-order valence-electron chi connectivity index (χ0n) is 4.82. The van der Waals surface area contributed by atoms with Crippen molar-refractivity contribution >= 4 is 6.29 Å². The van der Waals surface area contributed by atoms with E-state index in [0.717, 1.165) is 11.3 Å². The van der Waals surface area contributed by atoms with Gasteiger partial charge in [-0.3, -0.25) is 15.1 Å². The largest absolute Gasteiger partial charge is 0.298 e. The summed E-state index contributed by atoms with van der Waals surface area (Å²) >= 11 is 0. The first-order chi connectivity index (χ1) is 4.33. The Morgan fingerprint density at radius 1 is 1.78 bits per heavy atom. The fraction of sp³-hybridized carbons (Fsp3) is 0.167. The Morgan fingerprint density at radius 3 is 3.00 bits per heavy atom. The molecule has 0 fully saturated rings. The number of hydroxylamine groups is 2. The molecule has 0 aromatic rings. The first kappa shape index (κ1) is 6.04. The van der Waals surface area contributed by atoms with Crippen LogP contribution >= 0.6 is 0 Å². The highest BCUT2D eigenvalue weighted by molar-refractivity contribution is 5.74. The average molecular weight is 125 g/mol. The van der Waals surface area contributed by atoms with Gasteiger partial charge in [-0.2, -0.15) is 0 Å². The number of hydrogen-bond acceptors (Lipinski definition) is 3. The molecule has 48 valence electrons. The topological polar surface area (TPSA) is 40.5 Å². The van der Waals surface area contributed by atoms with Gasteiger partial charge in [0, 0.05) is 11.8 Å². The van der Waals surface area contributed by atoms with E-state index in [2.05, 4.69) is 0 Å². The number of hydrogen-bond donors (Lipinski definition) is 1. The molecule has 1 aliphatic heterocycles. The van der Waals surface area contributed by atoms with Gasteiger partial charge in [-0.15, -0.1) is 0 Å². The molecule has 0 saturated carbocycles. The second-order valence-electron chi connectivity index (χ2n) is 1.80. The van der Waals surface area contributed by atoms with Crippen LogP contribution in [0.1, 0.15) is 0 Å². The molecule has 0 unspecified atom stereocenters. The summed E-state index contributed by atoms with van der Waals surface area (Å²) < 4.78 is 0. The fourth-order valence-corrected chi connectivity index (χ4v) is 0.635. The molecule has 0 aromatic carbocycles. The van der Waals surface area contributed by atoms with E-state index in [1.54, 1.807) is 12.2 Å². The Hall–Kier alpha value is -1.09. The Bertz CT molecular complexity index is 172. The molecule has 0 saturated heterocycles. The van der Waals surface area contributed by atoms with Gasteiger partial charge in [0.05, 0.1) is 6.54 Å². The molecule has 0 amide bonds. The first-order valence-electron chi connectivity index (χ1n) is 2.61. The van der Waals surface area contributed by atoms with Crippen LogP contribution in [0.3, 0.4) is 0 Å². The van der Waals surface area contributed by atoms with Crippen molar-refractivity contribution in [3.05, 3.63) is 23.9 Å². The number of carbonyl (C=O) groups excluding carboxylic acids is 1. The highest BCUT2D eigenvalue weighted by atomic mass is 16.5. The van der Waals surface area contributed by atoms with Crippen LogP contribution in [0.15, 0.2) is 23.9 Å². The standard InChI is InChI=1S/C6H7NO2/c8-5-6-2-1-3-7(9)4-6/h1-3,5,9H,4H2. The van der Waals surface area contributed by atoms with E-state index < -0.39 is 0 Å². The third-order valence-electron chi connectivity index (χ3n) is 1.06. The quantitative estimate of drug-likeness (QED) is 0.513. The van der Waals surface area contributed by atoms with Gasteiger partial charge >= 0.3 is 0 Å². The zero-order valence-corrected chi connectivity index (χ0v) is 4.82. The number of aldehydes is 1. The normalized spacial score (nSPS) is 17.4. The van der Waals surface area contributed by atoms with Crippen LogP contribution in [0.2, 0.25) is 0 Å². The second-order valence-corrected chi connectivity index (χ2v) is 1.80. The van der Waals surface area contributed by atoms with Crippen molar-refractivity contribution in [2.24, 2.45) is 0 Å². The second kappa shape index (κ2) is 2.46. The maximum absolute atomic E-state index is 10.1. The van der Waals surface area contributed by atoms with Crippen LogP contribution in [0.5, 0.6) is 0 Å². The van der Waals surface area contributed by atoms with Crippen molar-refractivity contribution in [3.8, 4) is 0 Å².